The molecule has 0 unspecified atom stereocenters. The molecule has 0 saturated carbocycles. The van der Waals surface area contributed by atoms with Crippen LogP contribution in [-0.2, 0) is 0 Å². The molecule has 0 rings (SSSR count). The van der Waals surface area contributed by atoms with Crippen LogP contribution in [0.4, 0.5) is 0 Å². The van der Waals surface area contributed by atoms with Gasteiger partial charge < -0.3 is 10.6 Å². The molecule has 0 radical (unpaired) electrons. The van der Waals surface area contributed by atoms with Gasteiger partial charge in [-0.2, -0.15) is 0 Å². The molecule has 2 N–H and O–H groups in total. The van der Waals surface area contributed by atoms with Crippen LogP contribution in [0.25, 0.3) is 0 Å². The average Bonchev–Trinajstić information content (AvgIpc) is 2.15. The monoisotopic (exact) mass is 173 g/mol. The molecule has 0 heterocycles. The maximum atomic E-state index is 5.32. The van der Waals surface area contributed by atoms with Crippen LogP contribution >= 0.6 is 0 Å². The lowest BCUT2D eigenvalue weighted by atomic mass is 10.4. The normalized spacial score (nSPS) is 9.00. The summed E-state index contributed by atoms with van der Waals surface area (Å²) >= 11 is 0. The highest BCUT2D eigenvalue weighted by Gasteiger charge is 1.90. The van der Waals surface area contributed by atoms with E-state index in [0.717, 1.165) is 13.0 Å². The Hall–Kier alpha value is -0.830. The van der Waals surface area contributed by atoms with Crippen molar-refractivity contribution in [2.24, 2.45) is 10.7 Å². The molecular formula is C9H23N3. The molecule has 0 aliphatic carbocycles. The Labute approximate surface area is 77.5 Å². The van der Waals surface area contributed by atoms with Crippen LogP contribution in [-0.4, -0.2) is 31.4 Å². The number of nitrogens with zero attached hydrogens (tertiary/aromatic N) is 2. The Morgan fingerprint density at radius 2 is 2.17 bits per heavy atom. The molecule has 0 aromatic rings. The van der Waals surface area contributed by atoms with E-state index in [1.54, 1.807) is 19.6 Å². The summed E-state index contributed by atoms with van der Waals surface area (Å²) in [5.74, 6) is 0. The summed E-state index contributed by atoms with van der Waals surface area (Å²) in [6.45, 7) is 9.24. The number of nitrogens with two attached hydrogens (primary N) is 1. The van der Waals surface area contributed by atoms with Gasteiger partial charge in [-0.15, -0.1) is 0 Å². The summed E-state index contributed by atoms with van der Waals surface area (Å²) in [6.07, 6.45) is 4.45. The van der Waals surface area contributed by atoms with E-state index in [-0.39, 0.29) is 1.43 Å². The second kappa shape index (κ2) is 12.8. The molecule has 0 amide bonds. The zero-order chi connectivity index (χ0) is 9.82. The highest BCUT2D eigenvalue weighted by Crippen LogP contribution is 1.85. The molecule has 0 atom stereocenters. The molecule has 0 fully saturated rings. The van der Waals surface area contributed by atoms with Crippen LogP contribution < -0.4 is 5.73 Å². The lowest BCUT2D eigenvalue weighted by Crippen LogP contribution is -2.18. The van der Waals surface area contributed by atoms with Gasteiger partial charge in [0, 0.05) is 15.0 Å². The molecule has 74 valence electrons. The van der Waals surface area contributed by atoms with Crippen molar-refractivity contribution in [3.63, 3.8) is 0 Å². The molecule has 0 aliphatic heterocycles. The molecule has 0 spiro atoms. The molecule has 3 heteroatoms. The van der Waals surface area contributed by atoms with Gasteiger partial charge in [-0.3, -0.25) is 4.99 Å². The van der Waals surface area contributed by atoms with Crippen LogP contribution in [0.15, 0.2) is 17.8 Å². The minimum Gasteiger partial charge on any atom is -0.340 e. The SMILES string of the molecule is C=CN(C=NC)CCCN.CC.[HH]. The Balaban J connectivity index is -0.000000309. The Morgan fingerprint density at radius 1 is 1.58 bits per heavy atom. The number of hydrogen-bond acceptors (Lipinski definition) is 2. The smallest absolute Gasteiger partial charge is 0.0885 e. The summed E-state index contributed by atoms with van der Waals surface area (Å²) < 4.78 is 0. The molecule has 0 saturated heterocycles. The molecule has 12 heavy (non-hydrogen) atoms. The first kappa shape index (κ1) is 13.7. The maximum Gasteiger partial charge on any atom is 0.0885 e. The van der Waals surface area contributed by atoms with Crippen molar-refractivity contribution in [1.82, 2.24) is 4.90 Å². The second-order valence-electron chi connectivity index (χ2n) is 1.94. The minimum atomic E-state index is 0. The van der Waals surface area contributed by atoms with Gasteiger partial charge in [-0.05, 0) is 19.2 Å². The molecule has 3 nitrogen and oxygen atoms in total. The number of hydrogen-bond donors (Lipinski definition) is 1. The Bertz CT molecular complexity index is 115. The fourth-order valence-corrected chi connectivity index (χ4v) is 0.618. The minimum absolute atomic E-state index is 0. The first-order chi connectivity index (χ1) is 5.85. The third-order valence-electron chi connectivity index (χ3n) is 1.12. The predicted molar refractivity (Wildman–Crippen MR) is 58.5 cm³/mol. The van der Waals surface area contributed by atoms with Gasteiger partial charge in [0.1, 0.15) is 0 Å². The van der Waals surface area contributed by atoms with Crippen molar-refractivity contribution in [3.8, 4) is 0 Å². The third kappa shape index (κ3) is 9.17. The quantitative estimate of drug-likeness (QED) is 0.508. The van der Waals surface area contributed by atoms with E-state index in [1.807, 2.05) is 18.7 Å². The molecule has 0 aromatic carbocycles. The third-order valence-corrected chi connectivity index (χ3v) is 1.12. The van der Waals surface area contributed by atoms with Crippen molar-refractivity contribution in [2.45, 2.75) is 20.3 Å². The van der Waals surface area contributed by atoms with Crippen molar-refractivity contribution in [3.05, 3.63) is 12.8 Å². The van der Waals surface area contributed by atoms with E-state index in [2.05, 4.69) is 11.6 Å². The van der Waals surface area contributed by atoms with E-state index in [4.69, 9.17) is 5.73 Å². The highest BCUT2D eigenvalue weighted by molar-refractivity contribution is 5.55. The van der Waals surface area contributed by atoms with Crippen LogP contribution in [0.5, 0.6) is 0 Å². The van der Waals surface area contributed by atoms with Gasteiger partial charge in [0.25, 0.3) is 0 Å². The van der Waals surface area contributed by atoms with E-state index < -0.39 is 0 Å². The van der Waals surface area contributed by atoms with Crippen LogP contribution in [0.3, 0.4) is 0 Å². The average molecular weight is 173 g/mol. The zero-order valence-corrected chi connectivity index (χ0v) is 8.45. The lowest BCUT2D eigenvalue weighted by molar-refractivity contribution is 0.551. The fraction of sp³-hybridized carbons (Fsp3) is 0.667. The standard InChI is InChI=1S/C7H15N3.C2H6.H2/c1-3-10(7-9-2)6-4-5-8;1-2;/h3,7H,1,4-6,8H2,2H3;1-2H3;1H. The van der Waals surface area contributed by atoms with E-state index >= 15 is 0 Å². The van der Waals surface area contributed by atoms with Gasteiger partial charge in [0.05, 0.1) is 6.34 Å². The van der Waals surface area contributed by atoms with E-state index in [9.17, 15) is 0 Å². The van der Waals surface area contributed by atoms with Crippen LogP contribution in [0, 0.1) is 0 Å². The summed E-state index contributed by atoms with van der Waals surface area (Å²) in [6, 6.07) is 0. The zero-order valence-electron chi connectivity index (χ0n) is 8.45. The van der Waals surface area contributed by atoms with Gasteiger partial charge in [-0.25, -0.2) is 0 Å². The summed E-state index contributed by atoms with van der Waals surface area (Å²) in [5, 5.41) is 0. The lowest BCUT2D eigenvalue weighted by Gasteiger charge is -2.11. The van der Waals surface area contributed by atoms with Gasteiger partial charge in [0.15, 0.2) is 0 Å². The number of aliphatic imine (C=N–C) groups is 1. The van der Waals surface area contributed by atoms with Gasteiger partial charge in [0.2, 0.25) is 0 Å². The highest BCUT2D eigenvalue weighted by atomic mass is 15.1. The Kier molecular flexibility index (Phi) is 14.7. The first-order valence-corrected chi connectivity index (χ1v) is 4.35. The van der Waals surface area contributed by atoms with Crippen LogP contribution in [0.2, 0.25) is 0 Å². The van der Waals surface area contributed by atoms with Gasteiger partial charge in [-0.1, -0.05) is 20.4 Å². The second-order valence-corrected chi connectivity index (χ2v) is 1.94. The van der Waals surface area contributed by atoms with Crippen molar-refractivity contribution in [2.75, 3.05) is 20.1 Å². The van der Waals surface area contributed by atoms with Crippen molar-refractivity contribution in [1.29, 1.82) is 0 Å². The van der Waals surface area contributed by atoms with E-state index in [1.165, 1.54) is 0 Å². The van der Waals surface area contributed by atoms with Crippen molar-refractivity contribution < 1.29 is 1.43 Å². The predicted octanol–water partition coefficient (Wildman–Crippen LogP) is 1.71. The first-order valence-electron chi connectivity index (χ1n) is 4.35. The number of rotatable bonds is 5. The molecule has 0 aliphatic rings. The largest absolute Gasteiger partial charge is 0.340 e. The van der Waals surface area contributed by atoms with Crippen molar-refractivity contribution >= 4 is 6.34 Å². The van der Waals surface area contributed by atoms with Gasteiger partial charge >= 0.3 is 0 Å². The molecular weight excluding hydrogens is 150 g/mol. The summed E-state index contributed by atoms with van der Waals surface area (Å²) in [5.41, 5.74) is 5.32. The van der Waals surface area contributed by atoms with Crippen LogP contribution in [0.1, 0.15) is 21.7 Å². The fourth-order valence-electron chi connectivity index (χ4n) is 0.618. The molecule has 0 bridgehead atoms. The Morgan fingerprint density at radius 3 is 2.50 bits per heavy atom. The summed E-state index contributed by atoms with van der Waals surface area (Å²) in [7, 11) is 1.74. The summed E-state index contributed by atoms with van der Waals surface area (Å²) in [4.78, 5) is 5.76. The van der Waals surface area contributed by atoms with E-state index in [0.29, 0.717) is 6.54 Å². The maximum absolute atomic E-state index is 5.32. The molecule has 0 aromatic heterocycles. The topological polar surface area (TPSA) is 41.6 Å².